The molecule has 6 rings (SSSR count). The minimum absolute atomic E-state index is 0.000824. The third-order valence-electron chi connectivity index (χ3n) is 7.38. The van der Waals surface area contributed by atoms with Crippen LogP contribution in [-0.2, 0) is 5.92 Å². The van der Waals surface area contributed by atoms with Crippen LogP contribution in [-0.4, -0.2) is 7.32 Å². The van der Waals surface area contributed by atoms with Crippen LogP contribution in [0, 0.1) is 98.9 Å². The summed E-state index contributed by atoms with van der Waals surface area (Å²) in [6, 6.07) is 0.0378. The van der Waals surface area contributed by atoms with Crippen LogP contribution >= 0.6 is 0 Å². The highest BCUT2D eigenvalue weighted by Gasteiger charge is 2.56. The molecule has 0 N–H and O–H groups in total. The van der Waals surface area contributed by atoms with E-state index in [1.165, 1.54) is 0 Å². The largest absolute Gasteiger partial charge is 0.864 e. The number of halogens is 19. The Hall–Kier alpha value is -5.51. The number of hydrogen-bond donors (Lipinski definition) is 0. The van der Waals surface area contributed by atoms with E-state index in [-0.39, 0.29) is 12.1 Å². The molecule has 0 bridgehead atoms. The molecule has 52 heavy (non-hydrogen) atoms. The second-order valence-electron chi connectivity index (χ2n) is 10.2. The fourth-order valence-electron chi connectivity index (χ4n) is 5.11. The van der Waals surface area contributed by atoms with Gasteiger partial charge in [0.2, 0.25) is 17.5 Å². The summed E-state index contributed by atoms with van der Waals surface area (Å²) in [5.74, 6) is -60.1. The summed E-state index contributed by atoms with van der Waals surface area (Å²) in [6.45, 7) is 0. The first-order chi connectivity index (χ1) is 24.2. The Labute approximate surface area is 272 Å². The first-order valence-electron chi connectivity index (χ1n) is 13.1. The monoisotopic (exact) mass is 770 g/mol. The van der Waals surface area contributed by atoms with Gasteiger partial charge in [-0.25, -0.2) is 61.5 Å². The van der Waals surface area contributed by atoms with Gasteiger partial charge in [0.15, 0.2) is 92.9 Å². The van der Waals surface area contributed by atoms with Gasteiger partial charge in [-0.3, -0.25) is 0 Å². The van der Waals surface area contributed by atoms with Gasteiger partial charge in [0.25, 0.3) is 0 Å². The Bertz CT molecular complexity index is 2410. The van der Waals surface area contributed by atoms with Crippen molar-refractivity contribution in [1.82, 2.24) is 0 Å². The lowest BCUT2D eigenvalue weighted by Gasteiger charge is -2.22. The SMILES string of the molecule is Fc1ccc(OB(Oc2c(F)c(F)c(F)c3c2C(F)(F)c2c(F)c(F)c(F)c(F)c2-3)Oc2c(F)c(F)c(F)c3c(F)c(F)c(F)c(F)c23)c(F)c1F. The van der Waals surface area contributed by atoms with Gasteiger partial charge < -0.3 is 14.0 Å². The molecule has 0 heterocycles. The van der Waals surface area contributed by atoms with E-state index in [0.29, 0.717) is 0 Å². The highest BCUT2D eigenvalue weighted by molar-refractivity contribution is 6.40. The van der Waals surface area contributed by atoms with Gasteiger partial charge in [0.1, 0.15) is 5.75 Å². The summed E-state index contributed by atoms with van der Waals surface area (Å²) in [7, 11) is -3.82. The van der Waals surface area contributed by atoms with Crippen molar-refractivity contribution in [3.8, 4) is 28.4 Å². The van der Waals surface area contributed by atoms with E-state index in [0.717, 1.165) is 0 Å². The molecule has 0 saturated carbocycles. The van der Waals surface area contributed by atoms with E-state index in [1.54, 1.807) is 0 Å². The second-order valence-corrected chi connectivity index (χ2v) is 10.2. The van der Waals surface area contributed by atoms with Gasteiger partial charge in [-0.2, -0.15) is 22.0 Å². The molecule has 0 spiro atoms. The minimum atomic E-state index is -5.54. The molecule has 272 valence electrons. The van der Waals surface area contributed by atoms with Gasteiger partial charge in [-0.1, -0.05) is 0 Å². The van der Waals surface area contributed by atoms with Crippen molar-refractivity contribution >= 4 is 18.1 Å². The van der Waals surface area contributed by atoms with Crippen molar-refractivity contribution in [2.75, 3.05) is 0 Å². The average molecular weight is 770 g/mol. The predicted molar refractivity (Wildman–Crippen MR) is 132 cm³/mol. The van der Waals surface area contributed by atoms with Gasteiger partial charge >= 0.3 is 13.2 Å². The van der Waals surface area contributed by atoms with Crippen LogP contribution in [0.25, 0.3) is 21.9 Å². The summed E-state index contributed by atoms with van der Waals surface area (Å²) in [4.78, 5) is 0. The first-order valence-corrected chi connectivity index (χ1v) is 13.1. The summed E-state index contributed by atoms with van der Waals surface area (Å²) < 4.78 is 291. The zero-order chi connectivity index (χ0) is 38.6. The maximum absolute atomic E-state index is 15.7. The third-order valence-corrected chi connectivity index (χ3v) is 7.38. The summed E-state index contributed by atoms with van der Waals surface area (Å²) in [5.41, 5.74) is -9.87. The summed E-state index contributed by atoms with van der Waals surface area (Å²) in [5, 5.41) is -4.61. The molecular weight excluding hydrogens is 768 g/mol. The maximum atomic E-state index is 15.7. The Kier molecular flexibility index (Phi) is 8.40. The molecule has 0 aliphatic heterocycles. The van der Waals surface area contributed by atoms with Gasteiger partial charge in [0.05, 0.1) is 21.9 Å². The second kappa shape index (κ2) is 12.0. The molecule has 0 unspecified atom stereocenters. The van der Waals surface area contributed by atoms with Crippen LogP contribution in [0.15, 0.2) is 12.1 Å². The van der Waals surface area contributed by atoms with Crippen LogP contribution < -0.4 is 14.0 Å². The first kappa shape index (κ1) is 36.3. The maximum Gasteiger partial charge on any atom is 0.864 e. The molecule has 0 atom stereocenters. The van der Waals surface area contributed by atoms with E-state index in [2.05, 4.69) is 14.0 Å². The number of alkyl halides is 2. The molecule has 0 fully saturated rings. The highest BCUT2D eigenvalue weighted by atomic mass is 19.3. The van der Waals surface area contributed by atoms with Crippen molar-refractivity contribution < 1.29 is 97.4 Å². The molecule has 1 aliphatic rings. The lowest BCUT2D eigenvalue weighted by Crippen LogP contribution is -2.39. The Morgan fingerprint density at radius 1 is 0.365 bits per heavy atom. The van der Waals surface area contributed by atoms with Crippen molar-refractivity contribution in [2.45, 2.75) is 5.92 Å². The Balaban J connectivity index is 1.65. The summed E-state index contributed by atoms with van der Waals surface area (Å²) in [6.07, 6.45) is 0. The van der Waals surface area contributed by atoms with Gasteiger partial charge in [-0.05, 0) is 12.1 Å². The molecule has 5 aromatic rings. The highest BCUT2D eigenvalue weighted by Crippen LogP contribution is 2.58. The van der Waals surface area contributed by atoms with E-state index >= 15 is 17.6 Å². The van der Waals surface area contributed by atoms with Crippen LogP contribution in [0.4, 0.5) is 83.4 Å². The predicted octanol–water partition coefficient (Wildman–Crippen LogP) is 9.85. The summed E-state index contributed by atoms with van der Waals surface area (Å²) >= 11 is 0. The molecule has 23 heteroatoms. The lowest BCUT2D eigenvalue weighted by atomic mass is 10.0. The van der Waals surface area contributed by atoms with Crippen LogP contribution in [0.3, 0.4) is 0 Å². The van der Waals surface area contributed by atoms with Crippen molar-refractivity contribution in [3.05, 3.63) is 122 Å². The van der Waals surface area contributed by atoms with E-state index in [9.17, 15) is 65.9 Å². The smallest absolute Gasteiger partial charge is 0.487 e. The molecule has 5 aromatic carbocycles. The number of rotatable bonds is 6. The fraction of sp³-hybridized carbons (Fsp3) is 0.0345. The van der Waals surface area contributed by atoms with Crippen LogP contribution in [0.2, 0.25) is 0 Å². The van der Waals surface area contributed by atoms with Crippen LogP contribution in [0.1, 0.15) is 11.1 Å². The molecule has 3 nitrogen and oxygen atoms in total. The van der Waals surface area contributed by atoms with Crippen molar-refractivity contribution in [1.29, 1.82) is 0 Å². The molecule has 1 aliphatic carbocycles. The molecule has 0 saturated heterocycles. The Morgan fingerprint density at radius 2 is 0.788 bits per heavy atom. The van der Waals surface area contributed by atoms with Gasteiger partial charge in [-0.15, -0.1) is 0 Å². The average Bonchev–Trinajstić information content (AvgIpc) is 3.35. The lowest BCUT2D eigenvalue weighted by molar-refractivity contribution is 0.0401. The quantitative estimate of drug-likeness (QED) is 0.0746. The number of hydrogen-bond acceptors (Lipinski definition) is 3. The number of fused-ring (bicyclic) bond motifs is 4. The van der Waals surface area contributed by atoms with Crippen LogP contribution in [0.5, 0.6) is 17.2 Å². The molecule has 0 radical (unpaired) electrons. The van der Waals surface area contributed by atoms with Crippen molar-refractivity contribution in [2.24, 2.45) is 0 Å². The fourth-order valence-corrected chi connectivity index (χ4v) is 5.11. The van der Waals surface area contributed by atoms with Gasteiger partial charge in [0, 0.05) is 11.1 Å². The molecular formula is C29H2BF19O3. The number of benzene rings is 5. The molecule has 0 amide bonds. The van der Waals surface area contributed by atoms with E-state index in [4.69, 9.17) is 0 Å². The standard InChI is InChI=1S/C29H2BF19O3/c31-3-1-2-4(12(33)11(3)32)50-30(51-27-8-7(16(37)23(44)25(27)46)15(36)20(41)21(42)17(8)38)52-28-10-6(14(35)22(43)26(28)47)5-9(29(10,48)49)18(39)24(45)19(40)13(5)34/h1-2H. The van der Waals surface area contributed by atoms with E-state index in [1.807, 2.05) is 0 Å². The van der Waals surface area contributed by atoms with E-state index < -0.39 is 162 Å². The zero-order valence-corrected chi connectivity index (χ0v) is 23.6. The third kappa shape index (κ3) is 4.87. The topological polar surface area (TPSA) is 27.7 Å². The van der Waals surface area contributed by atoms with Crippen molar-refractivity contribution in [3.63, 3.8) is 0 Å². The molecule has 0 aromatic heterocycles. The minimum Gasteiger partial charge on any atom is -0.487 e. The normalized spacial score (nSPS) is 13.1. The Morgan fingerprint density at radius 3 is 1.37 bits per heavy atom. The zero-order valence-electron chi connectivity index (χ0n) is 23.6.